The second-order valence-corrected chi connectivity index (χ2v) is 10.4. The van der Waals surface area contributed by atoms with Gasteiger partial charge in [0.1, 0.15) is 0 Å². The van der Waals surface area contributed by atoms with Crippen LogP contribution in [0.5, 0.6) is 0 Å². The van der Waals surface area contributed by atoms with E-state index in [2.05, 4.69) is 135 Å². The van der Waals surface area contributed by atoms with E-state index in [-0.39, 0.29) is 22.4 Å². The van der Waals surface area contributed by atoms with E-state index in [9.17, 15) is 0 Å². The molecule has 5 aromatic carbocycles. The average molecular weight is 723 g/mol. The van der Waals surface area contributed by atoms with Crippen molar-refractivity contribution >= 4 is 21.8 Å². The van der Waals surface area contributed by atoms with Gasteiger partial charge in [0.2, 0.25) is 0 Å². The van der Waals surface area contributed by atoms with Crippen LogP contribution in [0.4, 0.5) is 0 Å². The van der Waals surface area contributed by atoms with Crippen LogP contribution in [-0.4, -0.2) is 4.98 Å². The number of para-hydroxylation sites is 2. The predicted molar refractivity (Wildman–Crippen MR) is 171 cm³/mol. The van der Waals surface area contributed by atoms with Crippen molar-refractivity contribution in [2.24, 2.45) is 0 Å². The summed E-state index contributed by atoms with van der Waals surface area (Å²) in [5, 5.41) is 2.33. The number of nitrogens with zero attached hydrogens (tertiary/aromatic N) is 2. The first kappa shape index (κ1) is 27.9. The fourth-order valence-electron chi connectivity index (χ4n) is 5.54. The molecule has 0 spiro atoms. The van der Waals surface area contributed by atoms with E-state index >= 15 is 0 Å². The fourth-order valence-corrected chi connectivity index (χ4v) is 5.54. The Morgan fingerprint density at radius 1 is 0.619 bits per heavy atom. The van der Waals surface area contributed by atoms with Crippen molar-refractivity contribution in [1.82, 2.24) is 9.97 Å². The summed E-state index contributed by atoms with van der Waals surface area (Å²) in [5.41, 5.74) is 12.7. The smallest absolute Gasteiger partial charge is 0.656 e. The van der Waals surface area contributed by atoms with Gasteiger partial charge in [-0.25, -0.2) is 5.56 Å². The van der Waals surface area contributed by atoms with Gasteiger partial charge in [-0.05, 0) is 39.9 Å². The van der Waals surface area contributed by atoms with Gasteiger partial charge in [-0.15, -0.1) is 34.3 Å². The van der Waals surface area contributed by atoms with Crippen molar-refractivity contribution in [3.63, 3.8) is 0 Å². The third-order valence-corrected chi connectivity index (χ3v) is 7.90. The van der Waals surface area contributed by atoms with Gasteiger partial charge in [0, 0.05) is 5.69 Å². The van der Waals surface area contributed by atoms with Crippen molar-refractivity contribution < 1.29 is 22.4 Å². The Labute approximate surface area is 263 Å². The molecule has 2 nitrogen and oxygen atoms in total. The van der Waals surface area contributed by atoms with Crippen molar-refractivity contribution in [2.45, 2.75) is 26.7 Å². The van der Waals surface area contributed by atoms with Gasteiger partial charge in [0.25, 0.3) is 0 Å². The molecular weight excluding hydrogens is 693 g/mol. The average Bonchev–Trinajstić information content (AvgIpc) is 3.44. The number of fused-ring (bicyclic) bond motifs is 3. The molecule has 0 atom stereocenters. The first-order valence-electron chi connectivity index (χ1n) is 14.3. The minimum Gasteiger partial charge on any atom is -0.656 e. The monoisotopic (exact) mass is 722 g/mol. The number of aromatic nitrogens is 2. The van der Waals surface area contributed by atoms with Crippen LogP contribution in [0.3, 0.4) is 0 Å². The molecule has 2 aromatic heterocycles. The zero-order valence-electron chi connectivity index (χ0n) is 23.6. The maximum atomic E-state index is 5.18. The van der Waals surface area contributed by atoms with Crippen LogP contribution in [0, 0.1) is 12.1 Å². The van der Waals surface area contributed by atoms with Gasteiger partial charge in [0.15, 0.2) is 0 Å². The summed E-state index contributed by atoms with van der Waals surface area (Å²) in [5.74, 6) is 0. The molecule has 0 bridgehead atoms. The van der Waals surface area contributed by atoms with Crippen LogP contribution in [0.1, 0.15) is 25.0 Å². The van der Waals surface area contributed by atoms with Crippen LogP contribution in [0.25, 0.3) is 66.6 Å². The van der Waals surface area contributed by atoms with E-state index < -0.39 is 0 Å². The van der Waals surface area contributed by atoms with Gasteiger partial charge in [0.05, 0.1) is 5.69 Å². The molecule has 2 heterocycles. The number of hydrogen-bond donors (Lipinski definition) is 0. The molecule has 0 saturated carbocycles. The number of aryl methyl sites for hydroxylation is 2. The summed E-state index contributed by atoms with van der Waals surface area (Å²) in [6.45, 7) is 4.35. The molecule has 0 N–H and O–H groups in total. The quantitative estimate of drug-likeness (QED) is 0.126. The van der Waals surface area contributed by atoms with Crippen molar-refractivity contribution in [2.75, 3.05) is 0 Å². The normalized spacial score (nSPS) is 11.1. The molecule has 0 fully saturated rings. The largest absolute Gasteiger partial charge is 3.00 e. The molecule has 206 valence electrons. The Morgan fingerprint density at radius 3 is 2.12 bits per heavy atom. The second kappa shape index (κ2) is 12.0. The molecule has 0 aliphatic heterocycles. The van der Waals surface area contributed by atoms with Gasteiger partial charge in [-0.2, -0.15) is 35.9 Å². The summed E-state index contributed by atoms with van der Waals surface area (Å²) < 4.78 is 0. The van der Waals surface area contributed by atoms with Gasteiger partial charge in [-0.1, -0.05) is 105 Å². The zero-order valence-corrected chi connectivity index (χ0v) is 25.7. The van der Waals surface area contributed by atoms with Crippen molar-refractivity contribution in [3.05, 3.63) is 139 Å². The Balaban J connectivity index is 0.00000316. The molecule has 0 aliphatic carbocycles. The zero-order chi connectivity index (χ0) is 27.8. The second-order valence-electron chi connectivity index (χ2n) is 10.4. The SMILES string of the molecule is CCc1c[c-]c(-c2[c-]c(-c3cccc(-c4cccc5c4[n-]c4ccccc45)n3)cc(-c3ccc(CC)cc3)c2)cc1.[Au+3]. The van der Waals surface area contributed by atoms with Crippen LogP contribution >= 0.6 is 0 Å². The maximum Gasteiger partial charge on any atom is 3.00 e. The fraction of sp³-hybridized carbons (Fsp3) is 0.103. The molecule has 0 saturated heterocycles. The van der Waals surface area contributed by atoms with E-state index in [1.54, 1.807) is 0 Å². The van der Waals surface area contributed by atoms with E-state index in [1.807, 2.05) is 6.07 Å². The Morgan fingerprint density at radius 2 is 1.33 bits per heavy atom. The summed E-state index contributed by atoms with van der Waals surface area (Å²) >= 11 is 0. The summed E-state index contributed by atoms with van der Waals surface area (Å²) in [6, 6.07) is 47.7. The third kappa shape index (κ3) is 5.26. The third-order valence-electron chi connectivity index (χ3n) is 7.90. The predicted octanol–water partition coefficient (Wildman–Crippen LogP) is 9.74. The molecule has 0 amide bonds. The van der Waals surface area contributed by atoms with Crippen molar-refractivity contribution in [3.8, 4) is 44.8 Å². The first-order valence-corrected chi connectivity index (χ1v) is 14.3. The number of benzene rings is 5. The van der Waals surface area contributed by atoms with E-state index in [0.29, 0.717) is 0 Å². The number of pyridine rings is 1. The number of rotatable bonds is 6. The van der Waals surface area contributed by atoms with E-state index in [4.69, 9.17) is 9.97 Å². The van der Waals surface area contributed by atoms with Gasteiger partial charge < -0.3 is 4.98 Å². The van der Waals surface area contributed by atoms with Crippen molar-refractivity contribution in [1.29, 1.82) is 0 Å². The van der Waals surface area contributed by atoms with Crippen LogP contribution < -0.4 is 4.98 Å². The minimum atomic E-state index is 0. The summed E-state index contributed by atoms with van der Waals surface area (Å²) in [6.07, 6.45) is 2.02. The molecule has 0 unspecified atom stereocenters. The van der Waals surface area contributed by atoms with E-state index in [1.165, 1.54) is 22.1 Å². The minimum absolute atomic E-state index is 0. The summed E-state index contributed by atoms with van der Waals surface area (Å²) in [4.78, 5) is 10.2. The van der Waals surface area contributed by atoms with E-state index in [0.717, 1.165) is 68.5 Å². The number of hydrogen-bond acceptors (Lipinski definition) is 1. The molecule has 0 radical (unpaired) electrons. The van der Waals surface area contributed by atoms with Gasteiger partial charge in [-0.3, -0.25) is 4.98 Å². The molecular formula is C39H29AuN2. The molecule has 42 heavy (non-hydrogen) atoms. The molecule has 0 aliphatic rings. The standard InChI is InChI=1S/C39H29N2.Au/c1-3-26-15-19-28(20-16-26)30-23-31(29-21-17-27(4-2)18-22-29)25-32(24-30)36-13-8-14-38(40-36)35-11-7-10-34-33-9-5-6-12-37(33)41-39(34)35;/h5-21,23-24H,3-4H2,1-2H3;/q-3;+3. The molecule has 7 rings (SSSR count). The maximum absolute atomic E-state index is 5.18. The van der Waals surface area contributed by atoms with Crippen LogP contribution in [0.2, 0.25) is 0 Å². The summed E-state index contributed by atoms with van der Waals surface area (Å²) in [7, 11) is 0. The van der Waals surface area contributed by atoms with Gasteiger partial charge >= 0.3 is 22.4 Å². The van der Waals surface area contributed by atoms with Crippen LogP contribution in [-0.2, 0) is 35.2 Å². The first-order chi connectivity index (χ1) is 20.2. The Bertz CT molecular complexity index is 1930. The molecule has 7 aromatic rings. The Kier molecular flexibility index (Phi) is 7.95. The molecule has 3 heteroatoms. The topological polar surface area (TPSA) is 27.0 Å². The Hall–Kier alpha value is -4.21. The van der Waals surface area contributed by atoms with Crippen LogP contribution in [0.15, 0.2) is 115 Å².